The lowest BCUT2D eigenvalue weighted by Crippen LogP contribution is -2.32. The first kappa shape index (κ1) is 16.2. The quantitative estimate of drug-likeness (QED) is 0.721. The van der Waals surface area contributed by atoms with Gasteiger partial charge in [0.1, 0.15) is 5.82 Å². The van der Waals surface area contributed by atoms with Crippen LogP contribution in [0.25, 0.3) is 11.0 Å². The average molecular weight is 321 g/mol. The van der Waals surface area contributed by atoms with Gasteiger partial charge in [0.2, 0.25) is 5.91 Å². The molecule has 124 valence electrons. The van der Waals surface area contributed by atoms with Crippen molar-refractivity contribution in [3.05, 3.63) is 66.0 Å². The second kappa shape index (κ2) is 7.30. The van der Waals surface area contributed by atoms with Crippen LogP contribution in [0.4, 0.5) is 0 Å². The smallest absolute Gasteiger partial charge is 0.228 e. The summed E-state index contributed by atoms with van der Waals surface area (Å²) in [6.45, 7) is 4.65. The van der Waals surface area contributed by atoms with Crippen molar-refractivity contribution in [3.63, 3.8) is 0 Å². The van der Waals surface area contributed by atoms with Crippen molar-refractivity contribution in [3.8, 4) is 0 Å². The number of imidazole rings is 1. The second-order valence-electron chi connectivity index (χ2n) is 6.19. The molecule has 0 saturated carbocycles. The van der Waals surface area contributed by atoms with Gasteiger partial charge < -0.3 is 10.3 Å². The number of carbonyl (C=O) groups is 1. The van der Waals surface area contributed by atoms with E-state index in [1.165, 1.54) is 0 Å². The number of para-hydroxylation sites is 2. The summed E-state index contributed by atoms with van der Waals surface area (Å²) in [6.07, 6.45) is 0.956. The van der Waals surface area contributed by atoms with Crippen molar-refractivity contribution < 1.29 is 4.79 Å². The van der Waals surface area contributed by atoms with Gasteiger partial charge in [-0.1, -0.05) is 62.7 Å². The topological polar surface area (TPSA) is 57.8 Å². The minimum Gasteiger partial charge on any atom is -0.348 e. The number of hydrogen-bond acceptors (Lipinski definition) is 2. The molecule has 4 heteroatoms. The van der Waals surface area contributed by atoms with Gasteiger partial charge in [-0.15, -0.1) is 0 Å². The zero-order valence-electron chi connectivity index (χ0n) is 14.1. The molecule has 2 atom stereocenters. The van der Waals surface area contributed by atoms with Crippen LogP contribution in [-0.2, 0) is 11.3 Å². The molecule has 0 spiro atoms. The van der Waals surface area contributed by atoms with E-state index in [1.807, 2.05) is 54.6 Å². The normalized spacial score (nSPS) is 13.6. The van der Waals surface area contributed by atoms with Crippen LogP contribution in [0.15, 0.2) is 54.6 Å². The highest BCUT2D eigenvalue weighted by atomic mass is 16.1. The number of aromatic nitrogens is 2. The standard InChI is InChI=1S/C20H23N3O/c1-3-14(2)19(15-9-5-4-6-10-15)20(24)21-13-18-22-16-11-7-8-12-17(16)23-18/h4-12,14,19H,3,13H2,1-2H3,(H,21,24)(H,22,23)/t14-,19+/m1/s1. The lowest BCUT2D eigenvalue weighted by molar-refractivity contribution is -0.123. The Morgan fingerprint density at radius 2 is 1.83 bits per heavy atom. The minimum absolute atomic E-state index is 0.0519. The lowest BCUT2D eigenvalue weighted by Gasteiger charge is -2.22. The number of amides is 1. The van der Waals surface area contributed by atoms with E-state index in [2.05, 4.69) is 29.1 Å². The van der Waals surface area contributed by atoms with Gasteiger partial charge in [-0.05, 0) is 23.6 Å². The van der Waals surface area contributed by atoms with Crippen LogP contribution in [0.3, 0.4) is 0 Å². The molecule has 0 radical (unpaired) electrons. The fourth-order valence-electron chi connectivity index (χ4n) is 3.00. The van der Waals surface area contributed by atoms with Gasteiger partial charge in [0.15, 0.2) is 0 Å². The van der Waals surface area contributed by atoms with E-state index in [1.54, 1.807) is 0 Å². The van der Waals surface area contributed by atoms with E-state index in [-0.39, 0.29) is 17.7 Å². The fourth-order valence-corrected chi connectivity index (χ4v) is 3.00. The van der Waals surface area contributed by atoms with Crippen molar-refractivity contribution >= 4 is 16.9 Å². The van der Waals surface area contributed by atoms with E-state index in [4.69, 9.17) is 0 Å². The molecule has 24 heavy (non-hydrogen) atoms. The first-order valence-corrected chi connectivity index (χ1v) is 8.45. The third kappa shape index (κ3) is 3.48. The number of rotatable bonds is 6. The third-order valence-electron chi connectivity index (χ3n) is 4.52. The van der Waals surface area contributed by atoms with E-state index in [0.717, 1.165) is 28.8 Å². The van der Waals surface area contributed by atoms with E-state index < -0.39 is 0 Å². The van der Waals surface area contributed by atoms with Crippen LogP contribution in [-0.4, -0.2) is 15.9 Å². The number of nitrogens with one attached hydrogen (secondary N) is 2. The van der Waals surface area contributed by atoms with Crippen molar-refractivity contribution in [1.82, 2.24) is 15.3 Å². The maximum absolute atomic E-state index is 12.8. The van der Waals surface area contributed by atoms with Gasteiger partial charge in [-0.25, -0.2) is 4.98 Å². The molecule has 1 amide bonds. The number of carbonyl (C=O) groups excluding carboxylic acids is 1. The summed E-state index contributed by atoms with van der Waals surface area (Å²) >= 11 is 0. The minimum atomic E-state index is -0.138. The summed E-state index contributed by atoms with van der Waals surface area (Å²) in [5, 5.41) is 3.04. The highest BCUT2D eigenvalue weighted by Crippen LogP contribution is 2.27. The molecule has 2 N–H and O–H groups in total. The van der Waals surface area contributed by atoms with Gasteiger partial charge in [0.25, 0.3) is 0 Å². The van der Waals surface area contributed by atoms with Gasteiger partial charge in [0, 0.05) is 0 Å². The fraction of sp³-hybridized carbons (Fsp3) is 0.300. The van der Waals surface area contributed by atoms with Crippen LogP contribution in [0, 0.1) is 5.92 Å². The molecular formula is C20H23N3O. The first-order valence-electron chi connectivity index (χ1n) is 8.45. The van der Waals surface area contributed by atoms with Crippen LogP contribution in [0.2, 0.25) is 0 Å². The van der Waals surface area contributed by atoms with E-state index in [0.29, 0.717) is 6.54 Å². The summed E-state index contributed by atoms with van der Waals surface area (Å²) in [7, 11) is 0. The molecule has 0 aliphatic carbocycles. The molecular weight excluding hydrogens is 298 g/mol. The molecule has 2 aromatic carbocycles. The Hall–Kier alpha value is -2.62. The number of H-pyrrole nitrogens is 1. The molecule has 4 nitrogen and oxygen atoms in total. The maximum Gasteiger partial charge on any atom is 0.228 e. The lowest BCUT2D eigenvalue weighted by atomic mass is 9.85. The first-order chi connectivity index (χ1) is 11.7. The molecule has 3 aromatic rings. The zero-order chi connectivity index (χ0) is 16.9. The number of benzene rings is 2. The third-order valence-corrected chi connectivity index (χ3v) is 4.52. The molecule has 0 bridgehead atoms. The molecule has 0 saturated heterocycles. The number of aromatic amines is 1. The summed E-state index contributed by atoms with van der Waals surface area (Å²) in [5.41, 5.74) is 2.97. The van der Waals surface area contributed by atoms with E-state index in [9.17, 15) is 4.79 Å². The van der Waals surface area contributed by atoms with E-state index >= 15 is 0 Å². The van der Waals surface area contributed by atoms with Crippen LogP contribution < -0.4 is 5.32 Å². The van der Waals surface area contributed by atoms with Crippen molar-refractivity contribution in [2.45, 2.75) is 32.7 Å². The second-order valence-corrected chi connectivity index (χ2v) is 6.19. The molecule has 0 fully saturated rings. The predicted molar refractivity (Wildman–Crippen MR) is 96.6 cm³/mol. The summed E-state index contributed by atoms with van der Waals surface area (Å²) in [4.78, 5) is 20.5. The Bertz CT molecular complexity index is 777. The molecule has 0 unspecified atom stereocenters. The summed E-state index contributed by atoms with van der Waals surface area (Å²) in [6, 6.07) is 17.9. The van der Waals surface area contributed by atoms with Gasteiger partial charge >= 0.3 is 0 Å². The SMILES string of the molecule is CC[C@@H](C)[C@H](C(=O)NCc1nc2ccccc2[nH]1)c1ccccc1. The number of fused-ring (bicyclic) bond motifs is 1. The summed E-state index contributed by atoms with van der Waals surface area (Å²) in [5.74, 6) is 0.972. The molecule has 0 aliphatic heterocycles. The highest BCUT2D eigenvalue weighted by Gasteiger charge is 2.25. The van der Waals surface area contributed by atoms with Gasteiger partial charge in [-0.3, -0.25) is 4.79 Å². The Balaban J connectivity index is 1.73. The monoisotopic (exact) mass is 321 g/mol. The van der Waals surface area contributed by atoms with Crippen LogP contribution >= 0.6 is 0 Å². The van der Waals surface area contributed by atoms with Crippen LogP contribution in [0.1, 0.15) is 37.6 Å². The number of hydrogen-bond donors (Lipinski definition) is 2. The summed E-state index contributed by atoms with van der Waals surface area (Å²) < 4.78 is 0. The van der Waals surface area contributed by atoms with Crippen molar-refractivity contribution in [2.75, 3.05) is 0 Å². The molecule has 1 aromatic heterocycles. The Morgan fingerprint density at radius 3 is 2.54 bits per heavy atom. The predicted octanol–water partition coefficient (Wildman–Crippen LogP) is 4.01. The Kier molecular flexibility index (Phi) is 4.94. The molecule has 3 rings (SSSR count). The van der Waals surface area contributed by atoms with Crippen LogP contribution in [0.5, 0.6) is 0 Å². The molecule has 0 aliphatic rings. The zero-order valence-corrected chi connectivity index (χ0v) is 14.1. The van der Waals surface area contributed by atoms with Crippen molar-refractivity contribution in [1.29, 1.82) is 0 Å². The molecule has 1 heterocycles. The van der Waals surface area contributed by atoms with Gasteiger partial charge in [0.05, 0.1) is 23.5 Å². The highest BCUT2D eigenvalue weighted by molar-refractivity contribution is 5.84. The van der Waals surface area contributed by atoms with Gasteiger partial charge in [-0.2, -0.15) is 0 Å². The maximum atomic E-state index is 12.8. The Morgan fingerprint density at radius 1 is 1.12 bits per heavy atom. The number of nitrogens with zero attached hydrogens (tertiary/aromatic N) is 1. The Labute approximate surface area is 142 Å². The average Bonchev–Trinajstić information content (AvgIpc) is 3.04. The van der Waals surface area contributed by atoms with Crippen molar-refractivity contribution in [2.24, 2.45) is 5.92 Å². The largest absolute Gasteiger partial charge is 0.348 e.